The molecule has 0 radical (unpaired) electrons. The Hall–Kier alpha value is -1.16. The van der Waals surface area contributed by atoms with E-state index in [1.807, 2.05) is 38.1 Å². The van der Waals surface area contributed by atoms with Gasteiger partial charge in [-0.25, -0.2) is 0 Å². The molecule has 2 fully saturated rings. The van der Waals surface area contributed by atoms with Gasteiger partial charge < -0.3 is 5.32 Å². The van der Waals surface area contributed by atoms with Crippen molar-refractivity contribution in [3.8, 4) is 0 Å². The van der Waals surface area contributed by atoms with Crippen molar-refractivity contribution < 1.29 is 9.59 Å². The average molecular weight is 364 g/mol. The smallest absolute Gasteiger partial charge is 0.232 e. The van der Waals surface area contributed by atoms with Gasteiger partial charge in [0, 0.05) is 11.1 Å². The van der Waals surface area contributed by atoms with Gasteiger partial charge in [0.25, 0.3) is 0 Å². The number of fused-ring (bicyclic) bond motifs is 2. The maximum Gasteiger partial charge on any atom is 0.232 e. The molecule has 0 saturated heterocycles. The number of anilines is 1. The molecule has 4 heteroatoms. The van der Waals surface area contributed by atoms with Crippen molar-refractivity contribution in [1.29, 1.82) is 0 Å². The van der Waals surface area contributed by atoms with E-state index in [1.165, 1.54) is 0 Å². The summed E-state index contributed by atoms with van der Waals surface area (Å²) in [5, 5.41) is 3.07. The Morgan fingerprint density at radius 3 is 2.41 bits per heavy atom. The quantitative estimate of drug-likeness (QED) is 0.804. The molecule has 1 amide bonds. The molecule has 0 spiro atoms. The molecule has 3 nitrogen and oxygen atoms in total. The van der Waals surface area contributed by atoms with Crippen molar-refractivity contribution >= 4 is 33.3 Å². The number of carbonyl (C=O) groups excluding carboxylic acids is 2. The fourth-order valence-corrected chi connectivity index (χ4v) is 5.92. The molecule has 2 saturated carbocycles. The molecule has 2 aliphatic carbocycles. The molecule has 22 heavy (non-hydrogen) atoms. The van der Waals surface area contributed by atoms with E-state index in [4.69, 9.17) is 0 Å². The molecule has 3 rings (SSSR count). The van der Waals surface area contributed by atoms with Crippen molar-refractivity contribution in [2.24, 2.45) is 16.2 Å². The van der Waals surface area contributed by atoms with Gasteiger partial charge >= 0.3 is 0 Å². The standard InChI is InChI=1S/C18H22BrNO2/c1-11-7-5-6-8-12(11)20-15(22)18-10-9-17(4,16(18,2)3)14(21)13(18)19/h5-8,13H,9-10H2,1-4H3,(H,20,22)/t13-,17+,18-/m0/s1. The number of nitrogens with one attached hydrogen (secondary N) is 1. The lowest BCUT2D eigenvalue weighted by atomic mass is 9.64. The van der Waals surface area contributed by atoms with Crippen molar-refractivity contribution in [2.75, 3.05) is 5.32 Å². The summed E-state index contributed by atoms with van der Waals surface area (Å²) in [7, 11) is 0. The zero-order chi connectivity index (χ0) is 16.3. The van der Waals surface area contributed by atoms with Crippen LogP contribution in [-0.4, -0.2) is 16.5 Å². The van der Waals surface area contributed by atoms with Crippen LogP contribution in [0.5, 0.6) is 0 Å². The van der Waals surface area contributed by atoms with Crippen LogP contribution >= 0.6 is 15.9 Å². The van der Waals surface area contributed by atoms with Crippen LogP contribution in [0, 0.1) is 23.2 Å². The Morgan fingerprint density at radius 1 is 1.23 bits per heavy atom. The fraction of sp³-hybridized carbons (Fsp3) is 0.556. The van der Waals surface area contributed by atoms with E-state index in [-0.39, 0.29) is 17.1 Å². The van der Waals surface area contributed by atoms with Crippen molar-refractivity contribution in [3.05, 3.63) is 29.8 Å². The summed E-state index contributed by atoms with van der Waals surface area (Å²) in [6, 6.07) is 7.75. The number of para-hydroxylation sites is 1. The monoisotopic (exact) mass is 363 g/mol. The summed E-state index contributed by atoms with van der Waals surface area (Å²) in [6.07, 6.45) is 1.53. The van der Waals surface area contributed by atoms with Crippen LogP contribution in [0.15, 0.2) is 24.3 Å². The van der Waals surface area contributed by atoms with Gasteiger partial charge in [-0.15, -0.1) is 0 Å². The lowest BCUT2D eigenvalue weighted by Gasteiger charge is -2.39. The highest BCUT2D eigenvalue weighted by atomic mass is 79.9. The van der Waals surface area contributed by atoms with E-state index < -0.39 is 15.7 Å². The van der Waals surface area contributed by atoms with Crippen LogP contribution in [0.25, 0.3) is 0 Å². The van der Waals surface area contributed by atoms with Gasteiger partial charge in [-0.05, 0) is 36.8 Å². The Labute approximate surface area is 140 Å². The lowest BCUT2D eigenvalue weighted by molar-refractivity contribution is -0.130. The Bertz CT molecular complexity index is 669. The summed E-state index contributed by atoms with van der Waals surface area (Å²) < 4.78 is 0. The molecule has 1 aromatic rings. The Balaban J connectivity index is 2.02. The number of carbonyl (C=O) groups is 2. The molecule has 0 aromatic heterocycles. The van der Waals surface area contributed by atoms with Gasteiger partial charge in [0.2, 0.25) is 5.91 Å². The lowest BCUT2D eigenvalue weighted by Crippen LogP contribution is -2.48. The summed E-state index contributed by atoms with van der Waals surface area (Å²) >= 11 is 3.55. The molecule has 3 atom stereocenters. The third kappa shape index (κ3) is 1.62. The van der Waals surface area contributed by atoms with Gasteiger partial charge in [0.15, 0.2) is 5.78 Å². The molecule has 0 heterocycles. The minimum atomic E-state index is -0.679. The largest absolute Gasteiger partial charge is 0.325 e. The van der Waals surface area contributed by atoms with Crippen molar-refractivity contribution in [3.63, 3.8) is 0 Å². The molecule has 0 aliphatic heterocycles. The SMILES string of the molecule is Cc1ccccc1NC(=O)[C@]12CC[C@](C)(C(=O)[C@@H]1Br)C2(C)C. The molecule has 0 unspecified atom stereocenters. The van der Waals surface area contributed by atoms with Crippen molar-refractivity contribution in [2.45, 2.75) is 45.4 Å². The van der Waals surface area contributed by atoms with Crippen LogP contribution in [0.1, 0.15) is 39.2 Å². The van der Waals surface area contributed by atoms with Crippen LogP contribution in [-0.2, 0) is 9.59 Å². The topological polar surface area (TPSA) is 46.2 Å². The zero-order valence-corrected chi connectivity index (χ0v) is 15.1. The molecule has 1 aromatic carbocycles. The van der Waals surface area contributed by atoms with Gasteiger partial charge in [-0.1, -0.05) is 54.9 Å². The number of Topliss-reactive ketones (excluding diaryl/α,β-unsaturated/α-hetero) is 1. The molecule has 1 N–H and O–H groups in total. The number of alkyl halides is 1. The second-order valence-corrected chi connectivity index (χ2v) is 8.34. The molecule has 118 valence electrons. The minimum Gasteiger partial charge on any atom is -0.325 e. The predicted molar refractivity (Wildman–Crippen MR) is 91.1 cm³/mol. The minimum absolute atomic E-state index is 0.0387. The normalized spacial score (nSPS) is 35.7. The first-order chi connectivity index (χ1) is 10.2. The molecule has 2 bridgehead atoms. The van der Waals surface area contributed by atoms with Crippen LogP contribution in [0.2, 0.25) is 0 Å². The number of benzene rings is 1. The number of hydrogen-bond acceptors (Lipinski definition) is 2. The van der Waals surface area contributed by atoms with E-state index in [9.17, 15) is 9.59 Å². The first-order valence-electron chi connectivity index (χ1n) is 7.74. The molecule has 2 aliphatic rings. The van der Waals surface area contributed by atoms with Crippen molar-refractivity contribution in [1.82, 2.24) is 0 Å². The van der Waals surface area contributed by atoms with Crippen LogP contribution < -0.4 is 5.32 Å². The van der Waals surface area contributed by atoms with Crippen LogP contribution in [0.4, 0.5) is 5.69 Å². The van der Waals surface area contributed by atoms with E-state index in [0.29, 0.717) is 0 Å². The third-order valence-electron chi connectivity index (χ3n) is 6.52. The zero-order valence-electron chi connectivity index (χ0n) is 13.5. The van der Waals surface area contributed by atoms with Gasteiger partial charge in [-0.2, -0.15) is 0 Å². The predicted octanol–water partition coefficient (Wildman–Crippen LogP) is 4.09. The highest BCUT2D eigenvalue weighted by Crippen LogP contribution is 2.72. The first kappa shape index (κ1) is 15.7. The number of rotatable bonds is 2. The van der Waals surface area contributed by atoms with Gasteiger partial charge in [-0.3, -0.25) is 9.59 Å². The van der Waals surface area contributed by atoms with E-state index in [0.717, 1.165) is 24.1 Å². The summed E-state index contributed by atoms with van der Waals surface area (Å²) in [5.41, 5.74) is 0.384. The Morgan fingerprint density at radius 2 is 1.86 bits per heavy atom. The first-order valence-corrected chi connectivity index (χ1v) is 8.65. The fourth-order valence-electron chi connectivity index (χ4n) is 4.40. The second-order valence-electron chi connectivity index (χ2n) is 7.42. The molecular formula is C18H22BrNO2. The van der Waals surface area contributed by atoms with Gasteiger partial charge in [0.05, 0.1) is 10.2 Å². The summed E-state index contributed by atoms with van der Waals surface area (Å²) in [6.45, 7) is 8.12. The number of amides is 1. The van der Waals surface area contributed by atoms with Gasteiger partial charge in [0.1, 0.15) is 0 Å². The second kappa shape index (κ2) is 4.67. The maximum atomic E-state index is 13.2. The molecular weight excluding hydrogens is 342 g/mol. The summed E-state index contributed by atoms with van der Waals surface area (Å²) in [5.74, 6) is 0.131. The van der Waals surface area contributed by atoms with E-state index in [1.54, 1.807) is 0 Å². The number of halogens is 1. The average Bonchev–Trinajstić information content (AvgIpc) is 2.74. The van der Waals surface area contributed by atoms with Crippen LogP contribution in [0.3, 0.4) is 0 Å². The third-order valence-corrected chi connectivity index (χ3v) is 7.72. The highest BCUT2D eigenvalue weighted by Gasteiger charge is 2.76. The number of ketones is 1. The summed E-state index contributed by atoms with van der Waals surface area (Å²) in [4.78, 5) is 25.5. The maximum absolute atomic E-state index is 13.2. The number of hydrogen-bond donors (Lipinski definition) is 1. The van der Waals surface area contributed by atoms with E-state index >= 15 is 0 Å². The van der Waals surface area contributed by atoms with E-state index in [2.05, 4.69) is 35.1 Å². The number of aryl methyl sites for hydroxylation is 1. The Kier molecular flexibility index (Phi) is 3.34. The highest BCUT2D eigenvalue weighted by molar-refractivity contribution is 9.10.